The summed E-state index contributed by atoms with van der Waals surface area (Å²) in [6.07, 6.45) is 3.22. The molecule has 0 aliphatic carbocycles. The van der Waals surface area contributed by atoms with Crippen LogP contribution in [0.5, 0.6) is 0 Å². The highest BCUT2D eigenvalue weighted by atomic mass is 16.5. The molecule has 1 aromatic rings. The molecule has 0 aliphatic rings. The Morgan fingerprint density at radius 2 is 1.76 bits per heavy atom. The first-order valence-corrected chi connectivity index (χ1v) is 7.70. The van der Waals surface area contributed by atoms with Gasteiger partial charge in [-0.1, -0.05) is 31.5 Å². The fourth-order valence-electron chi connectivity index (χ4n) is 2.07. The minimum atomic E-state index is -0.231. The van der Waals surface area contributed by atoms with Crippen molar-refractivity contribution in [1.29, 1.82) is 0 Å². The molecule has 1 aromatic carbocycles. The Balaban J connectivity index is 2.54. The lowest BCUT2D eigenvalue weighted by atomic mass is 10.2. The Labute approximate surface area is 127 Å². The lowest BCUT2D eigenvalue weighted by Crippen LogP contribution is -2.31. The quantitative estimate of drug-likeness (QED) is 0.654. The van der Waals surface area contributed by atoms with Crippen LogP contribution in [-0.4, -0.2) is 25.0 Å². The smallest absolute Gasteiger partial charge is 0.305 e. The second-order valence-corrected chi connectivity index (χ2v) is 4.89. The molecule has 0 saturated heterocycles. The number of carbonyl (C=O) groups excluding carboxylic acids is 2. The molecule has 0 aliphatic heterocycles. The molecule has 0 N–H and O–H groups in total. The van der Waals surface area contributed by atoms with Crippen molar-refractivity contribution < 1.29 is 14.3 Å². The molecule has 0 bridgehead atoms. The first-order valence-electron chi connectivity index (χ1n) is 7.70. The van der Waals surface area contributed by atoms with Gasteiger partial charge in [0, 0.05) is 25.1 Å². The number of ether oxygens (including phenoxy) is 1. The van der Waals surface area contributed by atoms with Crippen LogP contribution in [0.25, 0.3) is 0 Å². The molecule has 0 spiro atoms. The Bertz CT molecular complexity index is 431. The predicted molar refractivity (Wildman–Crippen MR) is 84.2 cm³/mol. The van der Waals surface area contributed by atoms with Gasteiger partial charge in [-0.25, -0.2) is 0 Å². The molecule has 0 unspecified atom stereocenters. The van der Waals surface area contributed by atoms with Gasteiger partial charge in [0.05, 0.1) is 6.61 Å². The van der Waals surface area contributed by atoms with Crippen LogP contribution in [0.2, 0.25) is 0 Å². The number of esters is 1. The topological polar surface area (TPSA) is 46.6 Å². The van der Waals surface area contributed by atoms with Crippen molar-refractivity contribution in [2.24, 2.45) is 0 Å². The summed E-state index contributed by atoms with van der Waals surface area (Å²) in [5.74, 6) is -0.163. The van der Waals surface area contributed by atoms with E-state index in [-0.39, 0.29) is 11.9 Å². The van der Waals surface area contributed by atoms with E-state index < -0.39 is 0 Å². The van der Waals surface area contributed by atoms with E-state index in [0.717, 1.165) is 25.1 Å². The highest BCUT2D eigenvalue weighted by Gasteiger charge is 2.15. The summed E-state index contributed by atoms with van der Waals surface area (Å²) >= 11 is 0. The van der Waals surface area contributed by atoms with Crippen molar-refractivity contribution in [3.8, 4) is 0 Å². The second kappa shape index (κ2) is 9.97. The number of nitrogens with zero attached hydrogens (tertiary/aromatic N) is 1. The van der Waals surface area contributed by atoms with Crippen LogP contribution >= 0.6 is 0 Å². The zero-order valence-corrected chi connectivity index (χ0v) is 13.0. The molecule has 4 nitrogen and oxygen atoms in total. The average Bonchev–Trinajstić information content (AvgIpc) is 2.49. The van der Waals surface area contributed by atoms with E-state index in [4.69, 9.17) is 4.74 Å². The number of rotatable bonds is 9. The summed E-state index contributed by atoms with van der Waals surface area (Å²) in [6.45, 7) is 5.00. The van der Waals surface area contributed by atoms with E-state index >= 15 is 0 Å². The maximum atomic E-state index is 12.4. The minimum Gasteiger partial charge on any atom is -0.466 e. The molecular weight excluding hydrogens is 266 g/mol. The summed E-state index contributed by atoms with van der Waals surface area (Å²) in [5, 5.41) is 0. The van der Waals surface area contributed by atoms with Gasteiger partial charge >= 0.3 is 5.97 Å². The summed E-state index contributed by atoms with van der Waals surface area (Å²) < 4.78 is 4.87. The molecule has 1 amide bonds. The van der Waals surface area contributed by atoms with E-state index in [2.05, 4.69) is 6.92 Å². The summed E-state index contributed by atoms with van der Waals surface area (Å²) in [4.78, 5) is 25.5. The van der Waals surface area contributed by atoms with Crippen LogP contribution in [0, 0.1) is 0 Å². The van der Waals surface area contributed by atoms with Gasteiger partial charge in [0.2, 0.25) is 5.91 Å². The first kappa shape index (κ1) is 17.2. The number of unbranched alkanes of at least 4 members (excludes halogenated alkanes) is 1. The Morgan fingerprint density at radius 1 is 1.05 bits per heavy atom. The van der Waals surface area contributed by atoms with Crippen molar-refractivity contribution in [3.05, 3.63) is 30.3 Å². The molecule has 0 saturated carbocycles. The van der Waals surface area contributed by atoms with Crippen LogP contribution in [0.15, 0.2) is 30.3 Å². The summed E-state index contributed by atoms with van der Waals surface area (Å²) in [6, 6.07) is 9.69. The molecule has 0 atom stereocenters. The molecule has 0 radical (unpaired) electrons. The Hall–Kier alpha value is -1.84. The standard InChI is InChI=1S/C17H25NO3/c1-3-5-14-18(15-10-7-6-8-11-15)16(19)12-9-13-17(20)21-4-2/h6-8,10-11H,3-5,9,12-14H2,1-2H3. The van der Waals surface area contributed by atoms with Gasteiger partial charge in [0.25, 0.3) is 0 Å². The second-order valence-electron chi connectivity index (χ2n) is 4.89. The Morgan fingerprint density at radius 3 is 2.38 bits per heavy atom. The van der Waals surface area contributed by atoms with E-state index in [1.165, 1.54) is 0 Å². The molecule has 21 heavy (non-hydrogen) atoms. The van der Waals surface area contributed by atoms with Gasteiger partial charge in [0.15, 0.2) is 0 Å². The summed E-state index contributed by atoms with van der Waals surface area (Å²) in [7, 11) is 0. The van der Waals surface area contributed by atoms with E-state index in [1.807, 2.05) is 35.2 Å². The third kappa shape index (κ3) is 6.43. The predicted octanol–water partition coefficient (Wildman–Crippen LogP) is 3.55. The van der Waals surface area contributed by atoms with Crippen LogP contribution in [-0.2, 0) is 14.3 Å². The Kier molecular flexibility index (Phi) is 8.17. The highest BCUT2D eigenvalue weighted by Crippen LogP contribution is 2.16. The maximum Gasteiger partial charge on any atom is 0.305 e. The number of carbonyl (C=O) groups is 2. The SMILES string of the molecule is CCCCN(C(=O)CCCC(=O)OCC)c1ccccc1. The van der Waals surface area contributed by atoms with E-state index in [0.29, 0.717) is 25.9 Å². The molecule has 0 heterocycles. The molecular formula is C17H25NO3. The van der Waals surface area contributed by atoms with Crippen molar-refractivity contribution >= 4 is 17.6 Å². The van der Waals surface area contributed by atoms with E-state index in [9.17, 15) is 9.59 Å². The fraction of sp³-hybridized carbons (Fsp3) is 0.529. The number of anilines is 1. The number of para-hydroxylation sites is 1. The van der Waals surface area contributed by atoms with Crippen molar-refractivity contribution in [2.45, 2.75) is 46.0 Å². The number of amides is 1. The fourth-order valence-corrected chi connectivity index (χ4v) is 2.07. The molecule has 116 valence electrons. The lowest BCUT2D eigenvalue weighted by molar-refractivity contribution is -0.143. The molecule has 4 heteroatoms. The first-order chi connectivity index (χ1) is 10.2. The number of benzene rings is 1. The van der Waals surface area contributed by atoms with Crippen LogP contribution in [0.3, 0.4) is 0 Å². The molecule has 0 fully saturated rings. The van der Waals surface area contributed by atoms with Gasteiger partial charge < -0.3 is 9.64 Å². The third-order valence-electron chi connectivity index (χ3n) is 3.18. The maximum absolute atomic E-state index is 12.4. The van der Waals surface area contributed by atoms with Crippen molar-refractivity contribution in [2.75, 3.05) is 18.1 Å². The van der Waals surface area contributed by atoms with Gasteiger partial charge in [0.1, 0.15) is 0 Å². The van der Waals surface area contributed by atoms with E-state index in [1.54, 1.807) is 6.92 Å². The van der Waals surface area contributed by atoms with Crippen molar-refractivity contribution in [1.82, 2.24) is 0 Å². The lowest BCUT2D eigenvalue weighted by Gasteiger charge is -2.22. The van der Waals surface area contributed by atoms with Gasteiger partial charge in [-0.15, -0.1) is 0 Å². The third-order valence-corrected chi connectivity index (χ3v) is 3.18. The zero-order valence-electron chi connectivity index (χ0n) is 13.0. The van der Waals surface area contributed by atoms with Crippen LogP contribution < -0.4 is 4.90 Å². The largest absolute Gasteiger partial charge is 0.466 e. The molecule has 1 rings (SSSR count). The van der Waals surface area contributed by atoms with Crippen LogP contribution in [0.4, 0.5) is 5.69 Å². The minimum absolute atomic E-state index is 0.0685. The zero-order chi connectivity index (χ0) is 15.5. The monoisotopic (exact) mass is 291 g/mol. The van der Waals surface area contributed by atoms with Crippen LogP contribution in [0.1, 0.15) is 46.0 Å². The number of hydrogen-bond donors (Lipinski definition) is 0. The van der Waals surface area contributed by atoms with Gasteiger partial charge in [-0.3, -0.25) is 9.59 Å². The summed E-state index contributed by atoms with van der Waals surface area (Å²) in [5.41, 5.74) is 0.923. The normalized spacial score (nSPS) is 10.2. The average molecular weight is 291 g/mol. The molecule has 0 aromatic heterocycles. The van der Waals surface area contributed by atoms with Gasteiger partial charge in [-0.2, -0.15) is 0 Å². The van der Waals surface area contributed by atoms with Gasteiger partial charge in [-0.05, 0) is 31.9 Å². The highest BCUT2D eigenvalue weighted by molar-refractivity contribution is 5.93. The number of hydrogen-bond acceptors (Lipinski definition) is 3. The van der Waals surface area contributed by atoms with Crippen molar-refractivity contribution in [3.63, 3.8) is 0 Å².